The second-order valence-corrected chi connectivity index (χ2v) is 8.41. The smallest absolute Gasteiger partial charge is 0.243 e. The predicted octanol–water partition coefficient (Wildman–Crippen LogP) is 2.61. The fourth-order valence-electron chi connectivity index (χ4n) is 3.54. The largest absolute Gasteiger partial charge is 0.316 e. The quantitative estimate of drug-likeness (QED) is 0.913. The third kappa shape index (κ3) is 2.59. The van der Waals surface area contributed by atoms with Crippen molar-refractivity contribution < 1.29 is 8.42 Å². The van der Waals surface area contributed by atoms with Gasteiger partial charge < -0.3 is 5.32 Å². The second kappa shape index (κ2) is 5.70. The second-order valence-electron chi connectivity index (χ2n) is 5.71. The fourth-order valence-corrected chi connectivity index (χ4v) is 5.73. The molecule has 2 fully saturated rings. The van der Waals surface area contributed by atoms with E-state index in [-0.39, 0.29) is 16.0 Å². The van der Waals surface area contributed by atoms with Gasteiger partial charge in [0.2, 0.25) is 10.0 Å². The number of fused-ring (bicyclic) bond motifs is 1. The van der Waals surface area contributed by atoms with Crippen LogP contribution in [0.2, 0.25) is 10.0 Å². The lowest BCUT2D eigenvalue weighted by atomic mass is 9.93. The van der Waals surface area contributed by atoms with Crippen LogP contribution in [0.15, 0.2) is 23.1 Å². The number of nitrogens with zero attached hydrogens (tertiary/aromatic N) is 1. The maximum Gasteiger partial charge on any atom is 0.243 e. The standard InChI is InChI=1S/C14H18Cl2N2O2S/c1-2-14-11-7-17-6-9(11)8-18(14)21(19,20)10-3-4-12(15)13(16)5-10/h3-5,9,11,14,17H,2,6-8H2,1H3. The lowest BCUT2D eigenvalue weighted by Gasteiger charge is -2.26. The van der Waals surface area contributed by atoms with E-state index in [1.54, 1.807) is 4.31 Å². The van der Waals surface area contributed by atoms with E-state index in [0.29, 0.717) is 23.4 Å². The normalized spacial score (nSPS) is 29.8. The van der Waals surface area contributed by atoms with E-state index in [0.717, 1.165) is 19.5 Å². The van der Waals surface area contributed by atoms with Gasteiger partial charge in [0, 0.05) is 12.6 Å². The van der Waals surface area contributed by atoms with Gasteiger partial charge in [0.1, 0.15) is 0 Å². The number of hydrogen-bond donors (Lipinski definition) is 1. The van der Waals surface area contributed by atoms with Crippen LogP contribution in [0.25, 0.3) is 0 Å². The van der Waals surface area contributed by atoms with Crippen LogP contribution < -0.4 is 5.32 Å². The molecular weight excluding hydrogens is 331 g/mol. The SMILES string of the molecule is CCC1C2CNCC2CN1S(=O)(=O)c1ccc(Cl)c(Cl)c1. The molecule has 2 aliphatic rings. The van der Waals surface area contributed by atoms with Crippen molar-refractivity contribution in [2.75, 3.05) is 19.6 Å². The van der Waals surface area contributed by atoms with E-state index in [2.05, 4.69) is 5.32 Å². The summed E-state index contributed by atoms with van der Waals surface area (Å²) in [6, 6.07) is 4.57. The zero-order valence-corrected chi connectivity index (χ0v) is 14.0. The third-order valence-electron chi connectivity index (χ3n) is 4.59. The zero-order chi connectivity index (χ0) is 15.2. The molecule has 3 rings (SSSR count). The van der Waals surface area contributed by atoms with Gasteiger partial charge >= 0.3 is 0 Å². The van der Waals surface area contributed by atoms with Crippen molar-refractivity contribution in [3.8, 4) is 0 Å². The Morgan fingerprint density at radius 2 is 2.05 bits per heavy atom. The van der Waals surface area contributed by atoms with Crippen molar-refractivity contribution in [3.63, 3.8) is 0 Å². The Bertz CT molecular complexity index is 650. The molecule has 0 aromatic heterocycles. The van der Waals surface area contributed by atoms with Gasteiger partial charge in [-0.1, -0.05) is 30.1 Å². The Morgan fingerprint density at radius 3 is 2.71 bits per heavy atom. The summed E-state index contributed by atoms with van der Waals surface area (Å²) in [6.45, 7) is 4.42. The van der Waals surface area contributed by atoms with E-state index in [1.165, 1.54) is 18.2 Å². The van der Waals surface area contributed by atoms with Gasteiger partial charge in [-0.15, -0.1) is 0 Å². The summed E-state index contributed by atoms with van der Waals surface area (Å²) in [7, 11) is -3.52. The summed E-state index contributed by atoms with van der Waals surface area (Å²) in [5, 5.41) is 3.99. The first-order valence-electron chi connectivity index (χ1n) is 7.12. The zero-order valence-electron chi connectivity index (χ0n) is 11.7. The van der Waals surface area contributed by atoms with Crippen molar-refractivity contribution in [1.82, 2.24) is 9.62 Å². The minimum Gasteiger partial charge on any atom is -0.316 e. The molecule has 0 aliphatic carbocycles. The van der Waals surface area contributed by atoms with E-state index in [1.807, 2.05) is 6.92 Å². The van der Waals surface area contributed by atoms with Crippen molar-refractivity contribution in [2.45, 2.75) is 24.3 Å². The molecule has 0 bridgehead atoms. The number of rotatable bonds is 3. The number of nitrogens with one attached hydrogen (secondary N) is 1. The molecule has 1 N–H and O–H groups in total. The molecule has 1 aromatic carbocycles. The minimum atomic E-state index is -3.52. The highest BCUT2D eigenvalue weighted by atomic mass is 35.5. The Balaban J connectivity index is 1.96. The minimum absolute atomic E-state index is 0.0597. The Labute approximate surface area is 135 Å². The van der Waals surface area contributed by atoms with Crippen LogP contribution in [0.4, 0.5) is 0 Å². The van der Waals surface area contributed by atoms with Crippen molar-refractivity contribution in [1.29, 1.82) is 0 Å². The molecular formula is C14H18Cl2N2O2S. The van der Waals surface area contributed by atoms with Crippen molar-refractivity contribution in [3.05, 3.63) is 28.2 Å². The van der Waals surface area contributed by atoms with Crippen LogP contribution in [0.1, 0.15) is 13.3 Å². The first-order valence-corrected chi connectivity index (χ1v) is 9.32. The van der Waals surface area contributed by atoms with Gasteiger partial charge in [-0.3, -0.25) is 0 Å². The summed E-state index contributed by atoms with van der Waals surface area (Å²) in [4.78, 5) is 0.225. The molecule has 3 atom stereocenters. The number of hydrogen-bond acceptors (Lipinski definition) is 3. The van der Waals surface area contributed by atoms with E-state index in [9.17, 15) is 8.42 Å². The lowest BCUT2D eigenvalue weighted by Crippen LogP contribution is -2.39. The number of halogens is 2. The molecule has 0 spiro atoms. The van der Waals surface area contributed by atoms with Gasteiger partial charge in [0.15, 0.2) is 0 Å². The summed E-state index contributed by atoms with van der Waals surface area (Å²) < 4.78 is 27.5. The molecule has 21 heavy (non-hydrogen) atoms. The molecule has 7 heteroatoms. The summed E-state index contributed by atoms with van der Waals surface area (Å²) in [5.74, 6) is 0.819. The Morgan fingerprint density at radius 1 is 1.29 bits per heavy atom. The predicted molar refractivity (Wildman–Crippen MR) is 84.3 cm³/mol. The average Bonchev–Trinajstić information content (AvgIpc) is 3.01. The molecule has 3 unspecified atom stereocenters. The topological polar surface area (TPSA) is 49.4 Å². The van der Waals surface area contributed by atoms with E-state index in [4.69, 9.17) is 23.2 Å². The first kappa shape index (κ1) is 15.6. The van der Waals surface area contributed by atoms with Crippen LogP contribution in [0.3, 0.4) is 0 Å². The van der Waals surface area contributed by atoms with Crippen LogP contribution in [0.5, 0.6) is 0 Å². The molecule has 116 valence electrons. The summed E-state index contributed by atoms with van der Waals surface area (Å²) in [6.07, 6.45) is 0.823. The van der Waals surface area contributed by atoms with Gasteiger partial charge in [-0.05, 0) is 49.5 Å². The highest BCUT2D eigenvalue weighted by Crippen LogP contribution is 2.38. The van der Waals surface area contributed by atoms with Gasteiger partial charge in [0.25, 0.3) is 0 Å². The highest BCUT2D eigenvalue weighted by Gasteiger charge is 2.48. The van der Waals surface area contributed by atoms with Crippen LogP contribution >= 0.6 is 23.2 Å². The molecule has 0 amide bonds. The monoisotopic (exact) mass is 348 g/mol. The average molecular weight is 349 g/mol. The molecule has 2 heterocycles. The van der Waals surface area contributed by atoms with Crippen LogP contribution in [-0.4, -0.2) is 38.4 Å². The first-order chi connectivity index (χ1) is 9.95. The molecule has 4 nitrogen and oxygen atoms in total. The van der Waals surface area contributed by atoms with E-state index >= 15 is 0 Å². The Kier molecular flexibility index (Phi) is 4.23. The number of benzene rings is 1. The lowest BCUT2D eigenvalue weighted by molar-refractivity contribution is 0.329. The molecule has 0 radical (unpaired) electrons. The van der Waals surface area contributed by atoms with Crippen LogP contribution in [0, 0.1) is 11.8 Å². The summed E-state index contributed by atoms with van der Waals surface area (Å²) >= 11 is 11.8. The molecule has 2 aliphatic heterocycles. The summed E-state index contributed by atoms with van der Waals surface area (Å²) in [5.41, 5.74) is 0. The van der Waals surface area contributed by atoms with Crippen molar-refractivity contribution >= 4 is 33.2 Å². The maximum atomic E-state index is 12.9. The number of sulfonamides is 1. The molecule has 1 aromatic rings. The van der Waals surface area contributed by atoms with E-state index < -0.39 is 10.0 Å². The molecule has 0 saturated carbocycles. The third-order valence-corrected chi connectivity index (χ3v) is 7.21. The Hall–Kier alpha value is -0.330. The van der Waals surface area contributed by atoms with Gasteiger partial charge in [-0.2, -0.15) is 4.31 Å². The van der Waals surface area contributed by atoms with Crippen molar-refractivity contribution in [2.24, 2.45) is 11.8 Å². The highest BCUT2D eigenvalue weighted by molar-refractivity contribution is 7.89. The van der Waals surface area contributed by atoms with Gasteiger partial charge in [-0.25, -0.2) is 8.42 Å². The maximum absolute atomic E-state index is 12.9. The molecule has 2 saturated heterocycles. The van der Waals surface area contributed by atoms with Gasteiger partial charge in [0.05, 0.1) is 14.9 Å². The van der Waals surface area contributed by atoms with Crippen LogP contribution in [-0.2, 0) is 10.0 Å². The fraction of sp³-hybridized carbons (Fsp3) is 0.571.